The molecule has 1 aliphatic rings. The van der Waals surface area contributed by atoms with E-state index in [2.05, 4.69) is 12.2 Å². The molecule has 1 aromatic heterocycles. The largest absolute Gasteiger partial charge is 0.472 e. The first kappa shape index (κ1) is 11.7. The summed E-state index contributed by atoms with van der Waals surface area (Å²) in [5.41, 5.74) is 1.18. The van der Waals surface area contributed by atoms with E-state index in [0.717, 1.165) is 19.7 Å². The average molecular weight is 223 g/mol. The number of nitrogens with one attached hydrogen (secondary N) is 1. The van der Waals surface area contributed by atoms with Gasteiger partial charge in [-0.3, -0.25) is 0 Å². The van der Waals surface area contributed by atoms with E-state index in [4.69, 9.17) is 9.15 Å². The molecule has 2 rings (SSSR count). The molecule has 1 saturated heterocycles. The molecule has 0 aromatic carbocycles. The Labute approximate surface area is 97.2 Å². The molecule has 90 valence electrons. The van der Waals surface area contributed by atoms with Crippen LogP contribution in [-0.2, 0) is 4.74 Å². The Hall–Kier alpha value is -0.800. The molecule has 2 unspecified atom stereocenters. The minimum Gasteiger partial charge on any atom is -0.472 e. The highest BCUT2D eigenvalue weighted by atomic mass is 16.5. The van der Waals surface area contributed by atoms with Gasteiger partial charge < -0.3 is 14.5 Å². The lowest BCUT2D eigenvalue weighted by Crippen LogP contribution is -2.32. The SMILES string of the molecule is CCCNCC1CCCOC1c1ccoc1. The molecule has 0 radical (unpaired) electrons. The average Bonchev–Trinajstić information content (AvgIpc) is 2.83. The maximum atomic E-state index is 5.87. The summed E-state index contributed by atoms with van der Waals surface area (Å²) < 4.78 is 11.0. The summed E-state index contributed by atoms with van der Waals surface area (Å²) in [7, 11) is 0. The summed E-state index contributed by atoms with van der Waals surface area (Å²) in [4.78, 5) is 0. The minimum atomic E-state index is 0.219. The van der Waals surface area contributed by atoms with Gasteiger partial charge in [0.05, 0.1) is 18.6 Å². The Kier molecular flexibility index (Phi) is 4.43. The standard InChI is InChI=1S/C13H21NO2/c1-2-6-14-9-11-4-3-7-16-13(11)12-5-8-15-10-12/h5,8,10-11,13-14H,2-4,6-7,9H2,1H3. The van der Waals surface area contributed by atoms with Gasteiger partial charge in [0.1, 0.15) is 0 Å². The van der Waals surface area contributed by atoms with Crippen LogP contribution in [0.2, 0.25) is 0 Å². The molecule has 3 heteroatoms. The normalized spacial score (nSPS) is 25.8. The van der Waals surface area contributed by atoms with Gasteiger partial charge in [0.25, 0.3) is 0 Å². The van der Waals surface area contributed by atoms with Gasteiger partial charge in [-0.15, -0.1) is 0 Å². The Morgan fingerprint density at radius 1 is 1.50 bits per heavy atom. The van der Waals surface area contributed by atoms with Crippen LogP contribution in [0.25, 0.3) is 0 Å². The summed E-state index contributed by atoms with van der Waals surface area (Å²) in [6, 6.07) is 2.02. The fourth-order valence-electron chi connectivity index (χ4n) is 2.32. The topological polar surface area (TPSA) is 34.4 Å². The van der Waals surface area contributed by atoms with Crippen LogP contribution < -0.4 is 5.32 Å². The molecule has 0 saturated carbocycles. The van der Waals surface area contributed by atoms with Crippen LogP contribution in [-0.4, -0.2) is 19.7 Å². The highest BCUT2D eigenvalue weighted by Gasteiger charge is 2.27. The van der Waals surface area contributed by atoms with Crippen LogP contribution in [0.5, 0.6) is 0 Å². The van der Waals surface area contributed by atoms with E-state index in [1.54, 1.807) is 6.26 Å². The monoisotopic (exact) mass is 223 g/mol. The van der Waals surface area contributed by atoms with E-state index in [1.807, 2.05) is 12.3 Å². The van der Waals surface area contributed by atoms with Crippen LogP contribution in [0.1, 0.15) is 37.9 Å². The Balaban J connectivity index is 1.92. The van der Waals surface area contributed by atoms with Gasteiger partial charge in [-0.05, 0) is 31.9 Å². The number of rotatable bonds is 5. The Bertz CT molecular complexity index is 284. The lowest BCUT2D eigenvalue weighted by Gasteiger charge is -2.31. The summed E-state index contributed by atoms with van der Waals surface area (Å²) in [6.07, 6.45) is 7.35. The predicted octanol–water partition coefficient (Wildman–Crippen LogP) is 2.75. The van der Waals surface area contributed by atoms with Gasteiger partial charge >= 0.3 is 0 Å². The van der Waals surface area contributed by atoms with Gasteiger partial charge in [-0.25, -0.2) is 0 Å². The highest BCUT2D eigenvalue weighted by Crippen LogP contribution is 2.33. The van der Waals surface area contributed by atoms with E-state index >= 15 is 0 Å². The van der Waals surface area contributed by atoms with Crippen LogP contribution in [0.15, 0.2) is 23.0 Å². The van der Waals surface area contributed by atoms with Gasteiger partial charge in [0, 0.05) is 24.6 Å². The minimum absolute atomic E-state index is 0.219. The van der Waals surface area contributed by atoms with Crippen molar-refractivity contribution < 1.29 is 9.15 Å². The van der Waals surface area contributed by atoms with Crippen molar-refractivity contribution in [1.82, 2.24) is 5.32 Å². The quantitative estimate of drug-likeness (QED) is 0.779. The first-order chi connectivity index (χ1) is 7.92. The van der Waals surface area contributed by atoms with Crippen LogP contribution in [0.3, 0.4) is 0 Å². The van der Waals surface area contributed by atoms with E-state index in [0.29, 0.717) is 5.92 Å². The van der Waals surface area contributed by atoms with Crippen LogP contribution in [0, 0.1) is 5.92 Å². The summed E-state index contributed by atoms with van der Waals surface area (Å²) in [6.45, 7) is 5.20. The molecular formula is C13H21NO2. The van der Waals surface area contributed by atoms with Crippen molar-refractivity contribution in [3.05, 3.63) is 24.2 Å². The van der Waals surface area contributed by atoms with Crippen molar-refractivity contribution in [2.24, 2.45) is 5.92 Å². The number of hydrogen-bond donors (Lipinski definition) is 1. The van der Waals surface area contributed by atoms with Crippen molar-refractivity contribution in [2.45, 2.75) is 32.3 Å². The second kappa shape index (κ2) is 6.06. The van der Waals surface area contributed by atoms with Gasteiger partial charge in [-0.2, -0.15) is 0 Å². The molecule has 1 aliphatic heterocycles. The molecule has 2 atom stereocenters. The molecule has 16 heavy (non-hydrogen) atoms. The van der Waals surface area contributed by atoms with Gasteiger partial charge in [-0.1, -0.05) is 6.92 Å². The molecule has 0 aliphatic carbocycles. The zero-order chi connectivity index (χ0) is 11.2. The number of hydrogen-bond acceptors (Lipinski definition) is 3. The van der Waals surface area contributed by atoms with E-state index < -0.39 is 0 Å². The molecule has 1 aromatic rings. The molecular weight excluding hydrogens is 202 g/mol. The Morgan fingerprint density at radius 3 is 3.19 bits per heavy atom. The molecule has 1 N–H and O–H groups in total. The van der Waals surface area contributed by atoms with Gasteiger partial charge in [0.15, 0.2) is 0 Å². The van der Waals surface area contributed by atoms with Gasteiger partial charge in [0.2, 0.25) is 0 Å². The summed E-state index contributed by atoms with van der Waals surface area (Å²) in [5, 5.41) is 3.49. The predicted molar refractivity (Wildman–Crippen MR) is 63.3 cm³/mol. The fraction of sp³-hybridized carbons (Fsp3) is 0.692. The third-order valence-electron chi connectivity index (χ3n) is 3.15. The van der Waals surface area contributed by atoms with Crippen LogP contribution >= 0.6 is 0 Å². The van der Waals surface area contributed by atoms with Crippen molar-refractivity contribution in [1.29, 1.82) is 0 Å². The van der Waals surface area contributed by atoms with Crippen molar-refractivity contribution in [2.75, 3.05) is 19.7 Å². The molecule has 2 heterocycles. The zero-order valence-corrected chi connectivity index (χ0v) is 9.95. The van der Waals surface area contributed by atoms with Crippen LogP contribution in [0.4, 0.5) is 0 Å². The van der Waals surface area contributed by atoms with E-state index in [-0.39, 0.29) is 6.10 Å². The maximum Gasteiger partial charge on any atom is 0.0960 e. The second-order valence-corrected chi connectivity index (χ2v) is 4.45. The third kappa shape index (κ3) is 2.86. The number of furan rings is 1. The number of ether oxygens (including phenoxy) is 1. The summed E-state index contributed by atoms with van der Waals surface area (Å²) >= 11 is 0. The zero-order valence-electron chi connectivity index (χ0n) is 9.95. The Morgan fingerprint density at radius 2 is 2.44 bits per heavy atom. The lowest BCUT2D eigenvalue weighted by molar-refractivity contribution is -0.0279. The molecule has 0 spiro atoms. The van der Waals surface area contributed by atoms with E-state index in [9.17, 15) is 0 Å². The smallest absolute Gasteiger partial charge is 0.0960 e. The lowest BCUT2D eigenvalue weighted by atomic mass is 9.90. The molecule has 1 fully saturated rings. The van der Waals surface area contributed by atoms with Crippen molar-refractivity contribution in [3.8, 4) is 0 Å². The highest BCUT2D eigenvalue weighted by molar-refractivity contribution is 5.11. The summed E-state index contributed by atoms with van der Waals surface area (Å²) in [5.74, 6) is 0.581. The fourth-order valence-corrected chi connectivity index (χ4v) is 2.32. The molecule has 3 nitrogen and oxygen atoms in total. The second-order valence-electron chi connectivity index (χ2n) is 4.45. The van der Waals surface area contributed by atoms with Crippen molar-refractivity contribution >= 4 is 0 Å². The molecule has 0 bridgehead atoms. The first-order valence-corrected chi connectivity index (χ1v) is 6.26. The maximum absolute atomic E-state index is 5.87. The first-order valence-electron chi connectivity index (χ1n) is 6.26. The third-order valence-corrected chi connectivity index (χ3v) is 3.15. The van der Waals surface area contributed by atoms with E-state index in [1.165, 1.54) is 24.8 Å². The van der Waals surface area contributed by atoms with Crippen molar-refractivity contribution in [3.63, 3.8) is 0 Å². The molecule has 0 amide bonds.